The number of sulfonamides is 1. The summed E-state index contributed by atoms with van der Waals surface area (Å²) in [5, 5.41) is 3.16. The predicted molar refractivity (Wildman–Crippen MR) is 74.2 cm³/mol. The molecule has 102 valence electrons. The Morgan fingerprint density at radius 1 is 1.28 bits per heavy atom. The van der Waals surface area contributed by atoms with Crippen molar-refractivity contribution in [1.29, 1.82) is 0 Å². The lowest BCUT2D eigenvalue weighted by molar-refractivity contribution is 0.593. The molecular weight excluding hydrogens is 250 g/mol. The lowest BCUT2D eigenvalue weighted by Crippen LogP contribution is -2.19. The summed E-state index contributed by atoms with van der Waals surface area (Å²) in [7, 11) is -3.28. The summed E-state index contributed by atoms with van der Waals surface area (Å²) >= 11 is 0. The molecule has 1 aromatic rings. The molecule has 0 amide bonds. The molecule has 18 heavy (non-hydrogen) atoms. The van der Waals surface area contributed by atoms with Crippen LogP contribution in [0.25, 0.3) is 0 Å². The monoisotopic (exact) mass is 271 g/mol. The molecule has 0 bridgehead atoms. The van der Waals surface area contributed by atoms with Gasteiger partial charge in [0.2, 0.25) is 10.0 Å². The molecule has 1 aromatic heterocycles. The predicted octanol–water partition coefficient (Wildman–Crippen LogP) is 1.52. The fourth-order valence-electron chi connectivity index (χ4n) is 1.53. The van der Waals surface area contributed by atoms with E-state index < -0.39 is 10.0 Å². The number of aromatic nitrogens is 1. The minimum atomic E-state index is -3.28. The summed E-state index contributed by atoms with van der Waals surface area (Å²) in [5.41, 5.74) is 0.794. The topological polar surface area (TPSA) is 71.1 Å². The maximum absolute atomic E-state index is 11.8. The van der Waals surface area contributed by atoms with E-state index in [1.807, 2.05) is 19.9 Å². The standard InChI is InChI=1S/C12H21N3O2S/c1-3-13-9-4-5-10-18(16,17)15-12-8-6-7-11(2)14-12/h6-8,13H,3-5,9-10H2,1-2H3,(H,14,15). The Kier molecular flexibility index (Phi) is 6.07. The Balaban J connectivity index is 2.40. The number of rotatable bonds is 8. The van der Waals surface area contributed by atoms with Crippen LogP contribution in [0.15, 0.2) is 18.2 Å². The van der Waals surface area contributed by atoms with E-state index in [-0.39, 0.29) is 5.75 Å². The lowest BCUT2D eigenvalue weighted by Gasteiger charge is -2.07. The molecule has 0 unspecified atom stereocenters. The SMILES string of the molecule is CCNCCCCS(=O)(=O)Nc1cccc(C)n1. The molecule has 0 aliphatic heterocycles. The van der Waals surface area contributed by atoms with Crippen LogP contribution in [0.5, 0.6) is 0 Å². The van der Waals surface area contributed by atoms with Gasteiger partial charge in [-0.15, -0.1) is 0 Å². The molecule has 0 atom stereocenters. The fraction of sp³-hybridized carbons (Fsp3) is 0.583. The molecule has 6 heteroatoms. The molecule has 0 aliphatic carbocycles. The molecule has 0 aliphatic rings. The van der Waals surface area contributed by atoms with E-state index in [2.05, 4.69) is 15.0 Å². The minimum absolute atomic E-state index is 0.133. The third-order valence-electron chi connectivity index (χ3n) is 2.42. The summed E-state index contributed by atoms with van der Waals surface area (Å²) in [6, 6.07) is 5.27. The van der Waals surface area contributed by atoms with Gasteiger partial charge in [-0.2, -0.15) is 0 Å². The maximum atomic E-state index is 11.8. The van der Waals surface area contributed by atoms with Gasteiger partial charge >= 0.3 is 0 Å². The molecule has 0 spiro atoms. The van der Waals surface area contributed by atoms with Crippen molar-refractivity contribution < 1.29 is 8.42 Å². The van der Waals surface area contributed by atoms with E-state index in [0.29, 0.717) is 12.2 Å². The van der Waals surface area contributed by atoms with Crippen molar-refractivity contribution in [3.05, 3.63) is 23.9 Å². The Morgan fingerprint density at radius 2 is 2.06 bits per heavy atom. The quantitative estimate of drug-likeness (QED) is 0.703. The Labute approximate surface area is 109 Å². The van der Waals surface area contributed by atoms with Crippen LogP contribution in [0.4, 0.5) is 5.82 Å². The third-order valence-corrected chi connectivity index (χ3v) is 3.76. The van der Waals surface area contributed by atoms with Crippen LogP contribution in [-0.2, 0) is 10.0 Å². The van der Waals surface area contributed by atoms with Gasteiger partial charge in [0.05, 0.1) is 5.75 Å². The average Bonchev–Trinajstić information content (AvgIpc) is 2.28. The van der Waals surface area contributed by atoms with Crippen LogP contribution in [0.3, 0.4) is 0 Å². The van der Waals surface area contributed by atoms with E-state index in [1.165, 1.54) is 0 Å². The van der Waals surface area contributed by atoms with Crippen LogP contribution in [0, 0.1) is 6.92 Å². The van der Waals surface area contributed by atoms with Crippen LogP contribution in [0.1, 0.15) is 25.5 Å². The van der Waals surface area contributed by atoms with Crippen LogP contribution >= 0.6 is 0 Å². The normalized spacial score (nSPS) is 11.4. The molecule has 0 aromatic carbocycles. The van der Waals surface area contributed by atoms with Gasteiger partial charge in [-0.25, -0.2) is 13.4 Å². The minimum Gasteiger partial charge on any atom is -0.317 e. The second-order valence-electron chi connectivity index (χ2n) is 4.15. The number of hydrogen-bond acceptors (Lipinski definition) is 4. The van der Waals surface area contributed by atoms with E-state index in [4.69, 9.17) is 0 Å². The number of nitrogens with zero attached hydrogens (tertiary/aromatic N) is 1. The first kappa shape index (κ1) is 14.9. The van der Waals surface area contributed by atoms with Crippen LogP contribution in [0.2, 0.25) is 0 Å². The molecule has 2 N–H and O–H groups in total. The molecule has 1 rings (SSSR count). The number of unbranched alkanes of at least 4 members (excludes halogenated alkanes) is 1. The number of nitrogens with one attached hydrogen (secondary N) is 2. The van der Waals surface area contributed by atoms with Crippen molar-refractivity contribution >= 4 is 15.8 Å². The van der Waals surface area contributed by atoms with E-state index in [9.17, 15) is 8.42 Å². The number of hydrogen-bond donors (Lipinski definition) is 2. The third kappa shape index (κ3) is 5.97. The zero-order valence-corrected chi connectivity index (χ0v) is 11.8. The first-order chi connectivity index (χ1) is 8.53. The maximum Gasteiger partial charge on any atom is 0.233 e. The van der Waals surface area contributed by atoms with Gasteiger partial charge in [0.25, 0.3) is 0 Å². The number of pyridine rings is 1. The fourth-order valence-corrected chi connectivity index (χ4v) is 2.65. The van der Waals surface area contributed by atoms with Crippen molar-refractivity contribution in [2.45, 2.75) is 26.7 Å². The lowest BCUT2D eigenvalue weighted by atomic mass is 10.3. The molecule has 0 saturated carbocycles. The first-order valence-electron chi connectivity index (χ1n) is 6.18. The Morgan fingerprint density at radius 3 is 2.72 bits per heavy atom. The Hall–Kier alpha value is -1.14. The smallest absolute Gasteiger partial charge is 0.233 e. The first-order valence-corrected chi connectivity index (χ1v) is 7.83. The van der Waals surface area contributed by atoms with Crippen molar-refractivity contribution in [2.75, 3.05) is 23.6 Å². The molecule has 0 saturated heterocycles. The van der Waals surface area contributed by atoms with Gasteiger partial charge in [0.15, 0.2) is 0 Å². The highest BCUT2D eigenvalue weighted by atomic mass is 32.2. The summed E-state index contributed by atoms with van der Waals surface area (Å²) in [6.07, 6.45) is 1.50. The van der Waals surface area contributed by atoms with Crippen molar-refractivity contribution in [3.8, 4) is 0 Å². The largest absolute Gasteiger partial charge is 0.317 e. The van der Waals surface area contributed by atoms with E-state index in [0.717, 1.165) is 25.2 Å². The van der Waals surface area contributed by atoms with Gasteiger partial charge in [-0.3, -0.25) is 4.72 Å². The van der Waals surface area contributed by atoms with Gasteiger partial charge in [0.1, 0.15) is 5.82 Å². The average molecular weight is 271 g/mol. The summed E-state index contributed by atoms with van der Waals surface area (Å²) in [5.74, 6) is 0.523. The molecule has 0 radical (unpaired) electrons. The zero-order chi connectivity index (χ0) is 13.4. The van der Waals surface area contributed by atoms with Gasteiger partial charge in [-0.1, -0.05) is 13.0 Å². The van der Waals surface area contributed by atoms with Crippen molar-refractivity contribution in [3.63, 3.8) is 0 Å². The summed E-state index contributed by atoms with van der Waals surface area (Å²) in [4.78, 5) is 4.11. The Bertz CT molecular complexity index is 460. The highest BCUT2D eigenvalue weighted by Crippen LogP contribution is 2.07. The van der Waals surface area contributed by atoms with Gasteiger partial charge in [-0.05, 0) is 45.0 Å². The zero-order valence-electron chi connectivity index (χ0n) is 10.9. The van der Waals surface area contributed by atoms with Gasteiger partial charge in [0, 0.05) is 5.69 Å². The van der Waals surface area contributed by atoms with Crippen LogP contribution < -0.4 is 10.0 Å². The number of aryl methyl sites for hydroxylation is 1. The summed E-state index contributed by atoms with van der Waals surface area (Å²) in [6.45, 7) is 5.63. The second kappa shape index (κ2) is 7.33. The van der Waals surface area contributed by atoms with Crippen LogP contribution in [-0.4, -0.2) is 32.2 Å². The summed E-state index contributed by atoms with van der Waals surface area (Å²) < 4.78 is 26.0. The number of anilines is 1. The van der Waals surface area contributed by atoms with E-state index in [1.54, 1.807) is 12.1 Å². The van der Waals surface area contributed by atoms with Crippen molar-refractivity contribution in [2.24, 2.45) is 0 Å². The molecule has 0 fully saturated rings. The van der Waals surface area contributed by atoms with E-state index >= 15 is 0 Å². The highest BCUT2D eigenvalue weighted by Gasteiger charge is 2.10. The molecule has 5 nitrogen and oxygen atoms in total. The van der Waals surface area contributed by atoms with Gasteiger partial charge < -0.3 is 5.32 Å². The van der Waals surface area contributed by atoms with Crippen molar-refractivity contribution in [1.82, 2.24) is 10.3 Å². The molecular formula is C12H21N3O2S. The molecule has 1 heterocycles. The second-order valence-corrected chi connectivity index (χ2v) is 5.99. The highest BCUT2D eigenvalue weighted by molar-refractivity contribution is 7.92.